The molecule has 0 radical (unpaired) electrons. The molecule has 2 N–H and O–H groups in total. The van der Waals surface area contributed by atoms with Gasteiger partial charge in [0.1, 0.15) is 5.75 Å². The number of halogens is 1. The molecule has 2 aromatic rings. The number of hydrogen-bond donors (Lipinski definition) is 2. The summed E-state index contributed by atoms with van der Waals surface area (Å²) in [6.45, 7) is 5.72. The molecule has 0 aromatic heterocycles. The highest BCUT2D eigenvalue weighted by atomic mass is 35.5. The molecular weight excluding hydrogens is 362 g/mol. The van der Waals surface area contributed by atoms with E-state index in [2.05, 4.69) is 27.7 Å². The normalized spacial score (nSPS) is 14.2. The highest BCUT2D eigenvalue weighted by Crippen LogP contribution is 2.21. The predicted octanol–water partition coefficient (Wildman–Crippen LogP) is 2.10. The molecule has 0 bridgehead atoms. The molecule has 0 unspecified atom stereocenters. The van der Waals surface area contributed by atoms with Crippen LogP contribution in [0.4, 0.5) is 0 Å². The lowest BCUT2D eigenvalue weighted by Crippen LogP contribution is -2.46. The largest absolute Gasteiger partial charge is 0.483 e. The Bertz CT molecular complexity index is 691. The van der Waals surface area contributed by atoms with E-state index in [4.69, 9.17) is 4.74 Å². The molecule has 1 aliphatic rings. The number of hydrogen-bond acceptors (Lipinski definition) is 4. The predicted molar refractivity (Wildman–Crippen MR) is 111 cm³/mol. The maximum absolute atomic E-state index is 12.1. The summed E-state index contributed by atoms with van der Waals surface area (Å²) in [6, 6.07) is 18.2. The van der Waals surface area contributed by atoms with Gasteiger partial charge in [0, 0.05) is 45.7 Å². The van der Waals surface area contributed by atoms with Crippen molar-refractivity contribution in [2.24, 2.45) is 0 Å². The summed E-state index contributed by atoms with van der Waals surface area (Å²) < 4.78 is 5.78. The molecule has 1 aliphatic heterocycles. The second kappa shape index (κ2) is 11.6. The number of rotatable bonds is 8. The van der Waals surface area contributed by atoms with Crippen molar-refractivity contribution >= 4 is 18.3 Å². The van der Waals surface area contributed by atoms with E-state index >= 15 is 0 Å². The van der Waals surface area contributed by atoms with Crippen LogP contribution in [0.2, 0.25) is 0 Å². The van der Waals surface area contributed by atoms with Crippen molar-refractivity contribution in [2.75, 3.05) is 45.9 Å². The quantitative estimate of drug-likeness (QED) is 0.726. The minimum absolute atomic E-state index is 0. The minimum atomic E-state index is -0.0744. The maximum atomic E-state index is 12.1. The fourth-order valence-electron chi connectivity index (χ4n) is 3.09. The van der Waals surface area contributed by atoms with Crippen LogP contribution < -0.4 is 15.4 Å². The van der Waals surface area contributed by atoms with Gasteiger partial charge in [0.15, 0.2) is 6.61 Å². The van der Waals surface area contributed by atoms with Gasteiger partial charge in [-0.25, -0.2) is 0 Å². The molecule has 1 amide bonds. The monoisotopic (exact) mass is 389 g/mol. The van der Waals surface area contributed by atoms with Gasteiger partial charge in [0.05, 0.1) is 0 Å². The Kier molecular flexibility index (Phi) is 9.11. The Morgan fingerprint density at radius 1 is 1.04 bits per heavy atom. The van der Waals surface area contributed by atoms with Gasteiger partial charge in [-0.1, -0.05) is 48.5 Å². The molecule has 1 heterocycles. The first-order valence-electron chi connectivity index (χ1n) is 9.25. The van der Waals surface area contributed by atoms with Gasteiger partial charge in [0.2, 0.25) is 0 Å². The summed E-state index contributed by atoms with van der Waals surface area (Å²) in [5, 5.41) is 6.27. The standard InChI is InChI=1S/C21H27N3O2.ClH/c25-21(23-12-15-24-13-10-22-11-14-24)17-26-20-9-5-4-8-19(20)16-18-6-2-1-3-7-18;/h1-9,22H,10-17H2,(H,23,25);1H. The van der Waals surface area contributed by atoms with E-state index in [1.165, 1.54) is 5.56 Å². The summed E-state index contributed by atoms with van der Waals surface area (Å²) in [5.41, 5.74) is 2.32. The number of nitrogens with zero attached hydrogens (tertiary/aromatic N) is 1. The van der Waals surface area contributed by atoms with Crippen LogP contribution in [-0.2, 0) is 11.2 Å². The van der Waals surface area contributed by atoms with Crippen LogP contribution in [0.1, 0.15) is 11.1 Å². The molecule has 2 aromatic carbocycles. The SMILES string of the molecule is Cl.O=C(COc1ccccc1Cc1ccccc1)NCCN1CCNCC1. The summed E-state index contributed by atoms with van der Waals surface area (Å²) in [7, 11) is 0. The molecular formula is C21H28ClN3O2. The number of ether oxygens (including phenoxy) is 1. The van der Waals surface area contributed by atoms with Crippen LogP contribution in [0, 0.1) is 0 Å². The van der Waals surface area contributed by atoms with Gasteiger partial charge < -0.3 is 15.4 Å². The first-order chi connectivity index (χ1) is 12.8. The molecule has 1 fully saturated rings. The van der Waals surface area contributed by atoms with Gasteiger partial charge in [-0.2, -0.15) is 0 Å². The summed E-state index contributed by atoms with van der Waals surface area (Å²) in [5.74, 6) is 0.697. The average molecular weight is 390 g/mol. The van der Waals surface area contributed by atoms with E-state index < -0.39 is 0 Å². The zero-order chi connectivity index (χ0) is 18.0. The first-order valence-corrected chi connectivity index (χ1v) is 9.25. The molecule has 146 valence electrons. The van der Waals surface area contributed by atoms with Crippen LogP contribution in [-0.4, -0.2) is 56.7 Å². The summed E-state index contributed by atoms with van der Waals surface area (Å²) in [4.78, 5) is 14.4. The zero-order valence-corrected chi connectivity index (χ0v) is 16.3. The lowest BCUT2D eigenvalue weighted by atomic mass is 10.0. The fraction of sp³-hybridized carbons (Fsp3) is 0.381. The van der Waals surface area contributed by atoms with Crippen molar-refractivity contribution in [1.29, 1.82) is 0 Å². The Labute approximate surface area is 167 Å². The number of para-hydroxylation sites is 1. The number of nitrogens with one attached hydrogen (secondary N) is 2. The molecule has 6 heteroatoms. The Morgan fingerprint density at radius 2 is 1.74 bits per heavy atom. The van der Waals surface area contributed by atoms with Crippen LogP contribution in [0.5, 0.6) is 5.75 Å². The minimum Gasteiger partial charge on any atom is -0.483 e. The lowest BCUT2D eigenvalue weighted by molar-refractivity contribution is -0.123. The molecule has 0 atom stereocenters. The van der Waals surface area contributed by atoms with E-state index in [-0.39, 0.29) is 24.9 Å². The number of carbonyl (C=O) groups excluding carboxylic acids is 1. The van der Waals surface area contributed by atoms with E-state index in [0.29, 0.717) is 6.54 Å². The Balaban J connectivity index is 0.00000261. The highest BCUT2D eigenvalue weighted by molar-refractivity contribution is 5.85. The van der Waals surface area contributed by atoms with Crippen molar-refractivity contribution in [3.8, 4) is 5.75 Å². The van der Waals surface area contributed by atoms with Crippen molar-refractivity contribution in [3.05, 3.63) is 65.7 Å². The van der Waals surface area contributed by atoms with Crippen LogP contribution in [0.3, 0.4) is 0 Å². The number of piperazine rings is 1. The third-order valence-corrected chi connectivity index (χ3v) is 4.53. The molecule has 3 rings (SSSR count). The third kappa shape index (κ3) is 7.21. The molecule has 27 heavy (non-hydrogen) atoms. The van der Waals surface area contributed by atoms with Gasteiger partial charge in [0.25, 0.3) is 5.91 Å². The zero-order valence-electron chi connectivity index (χ0n) is 15.5. The topological polar surface area (TPSA) is 53.6 Å². The summed E-state index contributed by atoms with van der Waals surface area (Å²) in [6.07, 6.45) is 0.793. The highest BCUT2D eigenvalue weighted by Gasteiger charge is 2.10. The lowest BCUT2D eigenvalue weighted by Gasteiger charge is -2.27. The van der Waals surface area contributed by atoms with E-state index in [0.717, 1.165) is 50.5 Å². The first kappa shape index (κ1) is 21.2. The van der Waals surface area contributed by atoms with Crippen molar-refractivity contribution in [3.63, 3.8) is 0 Å². The molecule has 0 aliphatic carbocycles. The van der Waals surface area contributed by atoms with Gasteiger partial charge in [-0.05, 0) is 17.2 Å². The third-order valence-electron chi connectivity index (χ3n) is 4.53. The molecule has 0 spiro atoms. The second-order valence-corrected chi connectivity index (χ2v) is 6.50. The van der Waals surface area contributed by atoms with Crippen LogP contribution in [0.15, 0.2) is 54.6 Å². The smallest absolute Gasteiger partial charge is 0.257 e. The van der Waals surface area contributed by atoms with Gasteiger partial charge in [-0.3, -0.25) is 9.69 Å². The Hall–Kier alpha value is -2.08. The second-order valence-electron chi connectivity index (χ2n) is 6.50. The molecule has 1 saturated heterocycles. The van der Waals surface area contributed by atoms with Crippen molar-refractivity contribution in [2.45, 2.75) is 6.42 Å². The van der Waals surface area contributed by atoms with Crippen LogP contribution in [0.25, 0.3) is 0 Å². The average Bonchev–Trinajstić information content (AvgIpc) is 2.69. The summed E-state index contributed by atoms with van der Waals surface area (Å²) >= 11 is 0. The maximum Gasteiger partial charge on any atom is 0.257 e. The van der Waals surface area contributed by atoms with E-state index in [9.17, 15) is 4.79 Å². The van der Waals surface area contributed by atoms with Gasteiger partial charge >= 0.3 is 0 Å². The number of amides is 1. The van der Waals surface area contributed by atoms with Crippen molar-refractivity contribution < 1.29 is 9.53 Å². The molecule has 0 saturated carbocycles. The fourth-order valence-corrected chi connectivity index (χ4v) is 3.09. The molecule has 5 nitrogen and oxygen atoms in total. The van der Waals surface area contributed by atoms with Crippen molar-refractivity contribution in [1.82, 2.24) is 15.5 Å². The Morgan fingerprint density at radius 3 is 2.52 bits per heavy atom. The van der Waals surface area contributed by atoms with E-state index in [1.807, 2.05) is 42.5 Å². The van der Waals surface area contributed by atoms with Gasteiger partial charge in [-0.15, -0.1) is 12.4 Å². The van der Waals surface area contributed by atoms with E-state index in [1.54, 1.807) is 0 Å². The number of carbonyl (C=O) groups is 1. The number of benzene rings is 2. The van der Waals surface area contributed by atoms with Crippen LogP contribution >= 0.6 is 12.4 Å².